The fourth-order valence-electron chi connectivity index (χ4n) is 4.55. The minimum absolute atomic E-state index is 0.234. The van der Waals surface area contributed by atoms with Crippen LogP contribution >= 0.6 is 23.2 Å². The van der Waals surface area contributed by atoms with E-state index in [9.17, 15) is 14.4 Å². The van der Waals surface area contributed by atoms with Crippen molar-refractivity contribution in [2.75, 3.05) is 20.6 Å². The van der Waals surface area contributed by atoms with E-state index in [-0.39, 0.29) is 22.1 Å². The molecular weight excluding hydrogens is 501 g/mol. The van der Waals surface area contributed by atoms with E-state index in [0.29, 0.717) is 35.6 Å². The van der Waals surface area contributed by atoms with Crippen molar-refractivity contribution in [3.8, 4) is 11.4 Å². The van der Waals surface area contributed by atoms with E-state index in [4.69, 9.17) is 23.2 Å². The first-order valence-electron chi connectivity index (χ1n) is 11.3. The molecule has 8 nitrogen and oxygen atoms in total. The first kappa shape index (κ1) is 24.1. The van der Waals surface area contributed by atoms with Crippen LogP contribution in [-0.2, 0) is 24.9 Å². The fourth-order valence-corrected chi connectivity index (χ4v) is 5.01. The molecule has 0 saturated heterocycles. The molecule has 3 heterocycles. The van der Waals surface area contributed by atoms with Gasteiger partial charge in [0.05, 0.1) is 45.1 Å². The number of amides is 2. The molecule has 1 aliphatic rings. The predicted octanol–water partition coefficient (Wildman–Crippen LogP) is 4.28. The molecule has 4 aromatic rings. The van der Waals surface area contributed by atoms with Gasteiger partial charge in [-0.25, -0.2) is 4.98 Å². The van der Waals surface area contributed by atoms with Gasteiger partial charge in [0.2, 0.25) is 0 Å². The van der Waals surface area contributed by atoms with Crippen molar-refractivity contribution >= 4 is 51.7 Å². The Morgan fingerprint density at radius 1 is 1.00 bits per heavy atom. The number of halogens is 2. The highest BCUT2D eigenvalue weighted by Gasteiger charge is 2.28. The van der Waals surface area contributed by atoms with Crippen LogP contribution in [0, 0.1) is 0 Å². The van der Waals surface area contributed by atoms with E-state index in [0.717, 1.165) is 17.1 Å². The number of benzene rings is 2. The summed E-state index contributed by atoms with van der Waals surface area (Å²) in [4.78, 5) is 46.2. The predicted molar refractivity (Wildman–Crippen MR) is 138 cm³/mol. The Kier molecular flexibility index (Phi) is 6.10. The molecule has 0 fully saturated rings. The molecule has 2 aromatic carbocycles. The maximum Gasteiger partial charge on any atom is 0.294 e. The molecule has 1 aliphatic heterocycles. The van der Waals surface area contributed by atoms with Gasteiger partial charge >= 0.3 is 0 Å². The van der Waals surface area contributed by atoms with Gasteiger partial charge in [0.25, 0.3) is 17.6 Å². The summed E-state index contributed by atoms with van der Waals surface area (Å²) in [5.41, 5.74) is 2.90. The normalized spacial score (nSPS) is 13.1. The molecule has 2 aromatic heterocycles. The zero-order valence-corrected chi connectivity index (χ0v) is 21.5. The maximum atomic E-state index is 13.6. The molecule has 0 aliphatic carbocycles. The summed E-state index contributed by atoms with van der Waals surface area (Å²) in [5.74, 6) is -0.765. The topological polar surface area (TPSA) is 80.4 Å². The van der Waals surface area contributed by atoms with E-state index in [1.165, 1.54) is 19.0 Å². The standard InChI is InChI=1S/C26H23Cl2N5O3/c1-30(2)26(36)23(34)19-14-31(3)22-11-21(28)18(10-17(19)22)25(35)32-8-9-33-15(13-32)12-29-24(33)16-6-4-5-7-20(16)27/h4-7,10-12,14H,8-9,13H2,1-3H3. The van der Waals surface area contributed by atoms with E-state index in [2.05, 4.69) is 9.55 Å². The number of aryl methyl sites for hydroxylation is 1. The summed E-state index contributed by atoms with van der Waals surface area (Å²) in [7, 11) is 4.81. The molecular formula is C26H23Cl2N5O3. The Bertz CT molecular complexity index is 1550. The molecule has 36 heavy (non-hydrogen) atoms. The van der Waals surface area contributed by atoms with Gasteiger partial charge in [-0.3, -0.25) is 14.4 Å². The number of carbonyl (C=O) groups is 3. The van der Waals surface area contributed by atoms with Crippen molar-refractivity contribution < 1.29 is 14.4 Å². The van der Waals surface area contributed by atoms with Crippen LogP contribution in [0.2, 0.25) is 10.0 Å². The molecule has 184 valence electrons. The van der Waals surface area contributed by atoms with Crippen molar-refractivity contribution in [3.05, 3.63) is 75.7 Å². The molecule has 0 spiro atoms. The zero-order chi connectivity index (χ0) is 25.7. The number of rotatable bonds is 4. The van der Waals surface area contributed by atoms with Crippen molar-refractivity contribution in [2.45, 2.75) is 13.1 Å². The van der Waals surface area contributed by atoms with Crippen LogP contribution in [0.5, 0.6) is 0 Å². The highest BCUT2D eigenvalue weighted by Crippen LogP contribution is 2.32. The molecule has 10 heteroatoms. The van der Waals surface area contributed by atoms with Gasteiger partial charge in [0.15, 0.2) is 0 Å². The first-order valence-corrected chi connectivity index (χ1v) is 12.1. The lowest BCUT2D eigenvalue weighted by atomic mass is 10.0. The number of likely N-dealkylation sites (N-methyl/N-ethyl adjacent to an activating group) is 1. The molecule has 2 amide bonds. The number of imidazole rings is 1. The van der Waals surface area contributed by atoms with Crippen molar-refractivity contribution in [2.24, 2.45) is 7.05 Å². The first-order chi connectivity index (χ1) is 17.2. The molecule has 0 bridgehead atoms. The number of ketones is 1. The number of hydrogen-bond donors (Lipinski definition) is 0. The van der Waals surface area contributed by atoms with Gasteiger partial charge in [0.1, 0.15) is 5.82 Å². The Morgan fingerprint density at radius 2 is 1.75 bits per heavy atom. The SMILES string of the molecule is CN(C)C(=O)C(=O)c1cn(C)c2cc(Cl)c(C(=O)N3CCn4c(cnc4-c4ccccc4Cl)C3)cc12. The summed E-state index contributed by atoms with van der Waals surface area (Å²) >= 11 is 12.9. The maximum absolute atomic E-state index is 13.6. The highest BCUT2D eigenvalue weighted by atomic mass is 35.5. The van der Waals surface area contributed by atoms with Crippen LogP contribution < -0.4 is 0 Å². The molecule has 0 atom stereocenters. The summed E-state index contributed by atoms with van der Waals surface area (Å²) in [6.45, 7) is 1.35. The molecule has 5 rings (SSSR count). The Labute approximate surface area is 217 Å². The lowest BCUT2D eigenvalue weighted by Gasteiger charge is -2.29. The average Bonchev–Trinajstić information content (AvgIpc) is 3.42. The van der Waals surface area contributed by atoms with Gasteiger partial charge in [-0.2, -0.15) is 0 Å². The Morgan fingerprint density at radius 3 is 2.47 bits per heavy atom. The minimum atomic E-state index is -0.639. The summed E-state index contributed by atoms with van der Waals surface area (Å²) in [6, 6.07) is 10.8. The van der Waals surface area contributed by atoms with Crippen molar-refractivity contribution in [1.82, 2.24) is 23.9 Å². The third-order valence-corrected chi connectivity index (χ3v) is 7.08. The molecule has 0 saturated carbocycles. The summed E-state index contributed by atoms with van der Waals surface area (Å²) in [6.07, 6.45) is 3.35. The minimum Gasteiger partial charge on any atom is -0.350 e. The van der Waals surface area contributed by atoms with Gasteiger partial charge in [-0.05, 0) is 24.3 Å². The molecule has 0 unspecified atom stereocenters. The number of nitrogens with zero attached hydrogens (tertiary/aromatic N) is 5. The van der Waals surface area contributed by atoms with E-state index < -0.39 is 11.7 Å². The highest BCUT2D eigenvalue weighted by molar-refractivity contribution is 6.45. The average molecular weight is 524 g/mol. The fraction of sp³-hybridized carbons (Fsp3) is 0.231. The van der Waals surface area contributed by atoms with E-state index in [1.54, 1.807) is 41.0 Å². The van der Waals surface area contributed by atoms with Gasteiger partial charge < -0.3 is 18.9 Å². The van der Waals surface area contributed by atoms with Crippen LogP contribution in [0.3, 0.4) is 0 Å². The number of Topliss-reactive ketones (excluding diaryl/α,β-unsaturated/α-hetero) is 1. The van der Waals surface area contributed by atoms with Crippen LogP contribution in [0.4, 0.5) is 0 Å². The van der Waals surface area contributed by atoms with Gasteiger partial charge in [-0.15, -0.1) is 0 Å². The molecule has 0 N–H and O–H groups in total. The number of carbonyl (C=O) groups excluding carboxylic acids is 3. The lowest BCUT2D eigenvalue weighted by molar-refractivity contribution is -0.124. The number of aromatic nitrogens is 3. The number of fused-ring (bicyclic) bond motifs is 2. The largest absolute Gasteiger partial charge is 0.350 e. The second-order valence-corrected chi connectivity index (χ2v) is 9.78. The summed E-state index contributed by atoms with van der Waals surface area (Å²) < 4.78 is 3.79. The van der Waals surface area contributed by atoms with Gasteiger partial charge in [0, 0.05) is 51.4 Å². The lowest BCUT2D eigenvalue weighted by Crippen LogP contribution is -2.38. The van der Waals surface area contributed by atoms with Crippen LogP contribution in [0.1, 0.15) is 26.4 Å². The number of hydrogen-bond acceptors (Lipinski definition) is 4. The van der Waals surface area contributed by atoms with Crippen molar-refractivity contribution in [1.29, 1.82) is 0 Å². The zero-order valence-electron chi connectivity index (χ0n) is 20.0. The second-order valence-electron chi connectivity index (χ2n) is 8.96. The summed E-state index contributed by atoms with van der Waals surface area (Å²) in [5, 5.41) is 1.40. The molecule has 0 radical (unpaired) electrons. The monoisotopic (exact) mass is 523 g/mol. The van der Waals surface area contributed by atoms with Gasteiger partial charge in [-0.1, -0.05) is 35.3 Å². The van der Waals surface area contributed by atoms with Crippen LogP contribution in [0.15, 0.2) is 48.8 Å². The Balaban J connectivity index is 1.47. The quantitative estimate of drug-likeness (QED) is 0.295. The van der Waals surface area contributed by atoms with Crippen LogP contribution in [-0.4, -0.2) is 62.2 Å². The van der Waals surface area contributed by atoms with E-state index >= 15 is 0 Å². The Hall–Kier alpha value is -3.62. The third-order valence-electron chi connectivity index (χ3n) is 6.44. The van der Waals surface area contributed by atoms with Crippen molar-refractivity contribution in [3.63, 3.8) is 0 Å². The third kappa shape index (κ3) is 3.96. The van der Waals surface area contributed by atoms with Crippen LogP contribution in [0.25, 0.3) is 22.3 Å². The smallest absolute Gasteiger partial charge is 0.294 e. The van der Waals surface area contributed by atoms with E-state index in [1.807, 2.05) is 24.3 Å². The second kappa shape index (κ2) is 9.11.